The first kappa shape index (κ1) is 30.3. The molecule has 5 N–H and O–H groups in total. The van der Waals surface area contributed by atoms with Gasteiger partial charge in [-0.2, -0.15) is 0 Å². The Morgan fingerprint density at radius 3 is 2.58 bits per heavy atom. The second kappa shape index (κ2) is 11.5. The summed E-state index contributed by atoms with van der Waals surface area (Å²) in [5, 5.41) is 14.6. The first-order valence-corrected chi connectivity index (χ1v) is 15.7. The molecule has 1 aromatic heterocycles. The van der Waals surface area contributed by atoms with Crippen LogP contribution < -0.4 is 16.4 Å². The van der Waals surface area contributed by atoms with Crippen molar-refractivity contribution in [2.24, 2.45) is 5.73 Å². The molecule has 0 spiro atoms. The lowest BCUT2D eigenvalue weighted by molar-refractivity contribution is -0.138. The van der Waals surface area contributed by atoms with Crippen LogP contribution in [0.25, 0.3) is 11.1 Å². The highest BCUT2D eigenvalue weighted by Gasteiger charge is 2.49. The molecule has 0 aliphatic carbocycles. The van der Waals surface area contributed by atoms with Gasteiger partial charge in [0.15, 0.2) is 5.67 Å². The molecular weight excluding hydrogens is 597 g/mol. The van der Waals surface area contributed by atoms with Crippen LogP contribution in [0, 0.1) is 5.41 Å². The number of thiophene rings is 1. The van der Waals surface area contributed by atoms with Crippen LogP contribution in [0.5, 0.6) is 0 Å². The third-order valence-electron chi connectivity index (χ3n) is 7.53. The van der Waals surface area contributed by atoms with Gasteiger partial charge in [0.1, 0.15) is 11.9 Å². The number of methoxy groups -OCH3 is 1. The molecule has 43 heavy (non-hydrogen) atoms. The summed E-state index contributed by atoms with van der Waals surface area (Å²) in [6.07, 6.45) is -0.291. The van der Waals surface area contributed by atoms with Crippen molar-refractivity contribution in [1.82, 2.24) is 15.5 Å². The zero-order valence-electron chi connectivity index (χ0n) is 23.3. The number of halogens is 1. The van der Waals surface area contributed by atoms with Crippen molar-refractivity contribution in [3.05, 3.63) is 69.9 Å². The van der Waals surface area contributed by atoms with Crippen molar-refractivity contribution >= 4 is 44.7 Å². The number of nitrogens with two attached hydrogens (primary N) is 1. The number of hydrogen-bond acceptors (Lipinski definition) is 8. The minimum Gasteiger partial charge on any atom is -0.384 e. The van der Waals surface area contributed by atoms with E-state index in [1.165, 1.54) is 42.7 Å². The Morgan fingerprint density at radius 1 is 1.16 bits per heavy atom. The third kappa shape index (κ3) is 5.77. The fourth-order valence-electron chi connectivity index (χ4n) is 5.42. The molecule has 3 atom stereocenters. The number of nitrogen functional groups attached to an aromatic ring is 1. The molecule has 2 aromatic carbocycles. The van der Waals surface area contributed by atoms with E-state index in [1.54, 1.807) is 36.6 Å². The highest BCUT2D eigenvalue weighted by atomic mass is 32.2. The van der Waals surface area contributed by atoms with Gasteiger partial charge in [0.2, 0.25) is 21.7 Å². The standard InChI is InChI=1S/C29H30FN5O6S2/c1-16(22-10-18(13-42-22)26(31)32)34-28(38)21-11-29(30,15-41-2)14-35(21)25(36)12-33-27(37)17-7-8-24-20(9-17)19-5-3-4-6-23(19)43(24,39)40/h3-10,13,16,21H,11-12,14-15H2,1-2H3,(H3,31,32)(H,33,37)(H,34,38)/t16-,21+,29-/m1/s1. The highest BCUT2D eigenvalue weighted by molar-refractivity contribution is 7.92. The number of alkyl halides is 1. The highest BCUT2D eigenvalue weighted by Crippen LogP contribution is 2.43. The largest absolute Gasteiger partial charge is 0.384 e. The van der Waals surface area contributed by atoms with E-state index in [1.807, 2.05) is 0 Å². The van der Waals surface area contributed by atoms with Crippen LogP contribution in [0.4, 0.5) is 4.39 Å². The van der Waals surface area contributed by atoms with E-state index in [0.717, 1.165) is 9.78 Å². The summed E-state index contributed by atoms with van der Waals surface area (Å²) in [7, 11) is -2.37. The Bertz CT molecular complexity index is 1740. The predicted octanol–water partition coefficient (Wildman–Crippen LogP) is 2.41. The Morgan fingerprint density at radius 2 is 1.88 bits per heavy atom. The molecule has 0 unspecified atom stereocenters. The van der Waals surface area contributed by atoms with E-state index >= 15 is 4.39 Å². The summed E-state index contributed by atoms with van der Waals surface area (Å²) in [5.41, 5.74) is 5.10. The molecule has 3 aromatic rings. The zero-order chi connectivity index (χ0) is 31.1. The van der Waals surface area contributed by atoms with Gasteiger partial charge in [0, 0.05) is 46.0 Å². The second-order valence-corrected chi connectivity index (χ2v) is 13.4. The topological polar surface area (TPSA) is 172 Å². The van der Waals surface area contributed by atoms with Crippen LogP contribution in [0.3, 0.4) is 0 Å². The van der Waals surface area contributed by atoms with Crippen molar-refractivity contribution in [3.63, 3.8) is 0 Å². The Balaban J connectivity index is 1.29. The maximum atomic E-state index is 15.6. The molecular formula is C29H30FN5O6S2. The number of fused-ring (bicyclic) bond motifs is 3. The van der Waals surface area contributed by atoms with Crippen LogP contribution in [0.2, 0.25) is 0 Å². The van der Waals surface area contributed by atoms with Crippen molar-refractivity contribution in [2.45, 2.75) is 40.9 Å². The number of nitrogens with zero attached hydrogens (tertiary/aromatic N) is 1. The summed E-state index contributed by atoms with van der Waals surface area (Å²) in [4.78, 5) is 41.6. The van der Waals surface area contributed by atoms with Gasteiger partial charge >= 0.3 is 0 Å². The van der Waals surface area contributed by atoms with Gasteiger partial charge in [-0.1, -0.05) is 18.2 Å². The number of carbonyl (C=O) groups is 3. The molecule has 0 radical (unpaired) electrons. The van der Waals surface area contributed by atoms with Gasteiger partial charge < -0.3 is 26.0 Å². The number of sulfone groups is 1. The smallest absolute Gasteiger partial charge is 0.251 e. The number of benzene rings is 2. The molecule has 3 heterocycles. The minimum atomic E-state index is -3.69. The summed E-state index contributed by atoms with van der Waals surface area (Å²) in [5.74, 6) is -1.97. The van der Waals surface area contributed by atoms with Crippen molar-refractivity contribution in [2.75, 3.05) is 26.8 Å². The SMILES string of the molecule is COC[C@@]1(F)C[C@@H](C(=O)N[C@H](C)c2cc(C(=N)N)cs2)N(C(=O)CNC(=O)c2ccc3c(c2)-c2ccccc2S3(=O)=O)C1. The Labute approximate surface area is 251 Å². The number of rotatable bonds is 9. The van der Waals surface area contributed by atoms with Gasteiger partial charge in [-0.05, 0) is 37.3 Å². The average Bonchev–Trinajstić information content (AvgIpc) is 3.66. The quantitative estimate of drug-likeness (QED) is 0.163. The van der Waals surface area contributed by atoms with E-state index in [4.69, 9.17) is 15.9 Å². The molecule has 1 saturated heterocycles. The van der Waals surface area contributed by atoms with Gasteiger partial charge in [-0.3, -0.25) is 19.8 Å². The number of amidine groups is 1. The lowest BCUT2D eigenvalue weighted by atomic mass is 10.0. The van der Waals surface area contributed by atoms with Crippen LogP contribution >= 0.6 is 11.3 Å². The van der Waals surface area contributed by atoms with Gasteiger partial charge in [-0.15, -0.1) is 11.3 Å². The maximum absolute atomic E-state index is 15.6. The molecule has 226 valence electrons. The average molecular weight is 628 g/mol. The van der Waals surface area contributed by atoms with E-state index in [9.17, 15) is 22.8 Å². The first-order chi connectivity index (χ1) is 20.3. The van der Waals surface area contributed by atoms with E-state index in [0.29, 0.717) is 16.7 Å². The van der Waals surface area contributed by atoms with E-state index in [-0.39, 0.29) is 34.2 Å². The number of amides is 3. The molecule has 5 rings (SSSR count). The van der Waals surface area contributed by atoms with Gasteiger partial charge in [-0.25, -0.2) is 12.8 Å². The minimum absolute atomic E-state index is 0.0963. The summed E-state index contributed by atoms with van der Waals surface area (Å²) in [6, 6.07) is 10.7. The lowest BCUT2D eigenvalue weighted by Gasteiger charge is -2.25. The molecule has 2 aliphatic rings. The van der Waals surface area contributed by atoms with Crippen LogP contribution in [0.1, 0.15) is 40.2 Å². The number of likely N-dealkylation sites (tertiary alicyclic amines) is 1. The fraction of sp³-hybridized carbons (Fsp3) is 0.310. The number of nitrogens with one attached hydrogen (secondary N) is 3. The summed E-state index contributed by atoms with van der Waals surface area (Å²) >= 11 is 1.31. The Kier molecular flexibility index (Phi) is 8.11. The van der Waals surface area contributed by atoms with Crippen LogP contribution in [0.15, 0.2) is 63.7 Å². The Hall–Kier alpha value is -4.14. The van der Waals surface area contributed by atoms with E-state index < -0.39 is 58.4 Å². The molecule has 3 amide bonds. The zero-order valence-corrected chi connectivity index (χ0v) is 25.0. The molecule has 1 fully saturated rings. The normalized spacial score (nSPS) is 20.6. The van der Waals surface area contributed by atoms with Crippen LogP contribution in [-0.2, 0) is 24.2 Å². The molecule has 2 aliphatic heterocycles. The van der Waals surface area contributed by atoms with Crippen LogP contribution in [-0.4, -0.2) is 75.4 Å². The second-order valence-electron chi connectivity index (χ2n) is 10.6. The van der Waals surface area contributed by atoms with Gasteiger partial charge in [0.05, 0.1) is 35.5 Å². The third-order valence-corrected chi connectivity index (χ3v) is 10.5. The molecule has 11 nitrogen and oxygen atoms in total. The predicted molar refractivity (Wildman–Crippen MR) is 157 cm³/mol. The number of hydrogen-bond donors (Lipinski definition) is 4. The maximum Gasteiger partial charge on any atom is 0.251 e. The molecule has 0 bridgehead atoms. The summed E-state index contributed by atoms with van der Waals surface area (Å²) in [6.45, 7) is 0.491. The first-order valence-electron chi connectivity index (χ1n) is 13.3. The number of carbonyl (C=O) groups excluding carboxylic acids is 3. The fourth-order valence-corrected chi connectivity index (χ4v) is 8.00. The number of ether oxygens (including phenoxy) is 1. The molecule has 0 saturated carbocycles. The van der Waals surface area contributed by atoms with Crippen molar-refractivity contribution in [1.29, 1.82) is 5.41 Å². The van der Waals surface area contributed by atoms with Gasteiger partial charge in [0.25, 0.3) is 5.91 Å². The monoisotopic (exact) mass is 627 g/mol. The molecule has 14 heteroatoms. The van der Waals surface area contributed by atoms with Crippen molar-refractivity contribution < 1.29 is 31.9 Å². The van der Waals surface area contributed by atoms with Crippen molar-refractivity contribution in [3.8, 4) is 11.1 Å². The lowest BCUT2D eigenvalue weighted by Crippen LogP contribution is -2.49. The summed E-state index contributed by atoms with van der Waals surface area (Å²) < 4.78 is 46.3. The van der Waals surface area contributed by atoms with E-state index in [2.05, 4.69) is 10.6 Å².